The fourth-order valence-electron chi connectivity index (χ4n) is 8.55. The number of hydrogen-bond donors (Lipinski definition) is 1. The van der Waals surface area contributed by atoms with Gasteiger partial charge in [-0.3, -0.25) is 0 Å². The van der Waals surface area contributed by atoms with Gasteiger partial charge >= 0.3 is 0 Å². The molecule has 0 amide bonds. The van der Waals surface area contributed by atoms with E-state index in [1.165, 1.54) is 289 Å². The van der Waals surface area contributed by atoms with Gasteiger partial charge in [-0.2, -0.15) is 0 Å². The van der Waals surface area contributed by atoms with Crippen LogP contribution in [0.2, 0.25) is 0 Å². The summed E-state index contributed by atoms with van der Waals surface area (Å²) >= 11 is 0. The molecule has 56 heavy (non-hydrogen) atoms. The Labute approximate surface area is 356 Å². The van der Waals surface area contributed by atoms with Crippen molar-refractivity contribution in [3.05, 3.63) is 36.5 Å². The molecule has 0 radical (unpaired) electrons. The van der Waals surface area contributed by atoms with Crippen LogP contribution in [0, 0.1) is 0 Å². The van der Waals surface area contributed by atoms with E-state index in [-0.39, 0.29) is 5.54 Å². The molecule has 0 fully saturated rings. The van der Waals surface area contributed by atoms with Crippen molar-refractivity contribution in [1.82, 2.24) is 0 Å². The van der Waals surface area contributed by atoms with Crippen molar-refractivity contribution in [2.45, 2.75) is 315 Å². The van der Waals surface area contributed by atoms with Gasteiger partial charge in [0, 0.05) is 5.54 Å². The van der Waals surface area contributed by atoms with E-state index < -0.39 is 0 Å². The third-order valence-electron chi connectivity index (χ3n) is 12.6. The third-order valence-corrected chi connectivity index (χ3v) is 12.6. The summed E-state index contributed by atoms with van der Waals surface area (Å²) in [6.07, 6.45) is 76.5. The molecule has 0 atom stereocenters. The molecule has 0 aromatic heterocycles. The summed E-state index contributed by atoms with van der Waals surface area (Å²) in [7, 11) is 0. The largest absolute Gasteiger partial charge is 0.325 e. The molecule has 1 nitrogen and oxygen atoms in total. The maximum absolute atomic E-state index is 7.26. The average Bonchev–Trinajstić information content (AvgIpc) is 3.20. The van der Waals surface area contributed by atoms with Gasteiger partial charge in [-0.05, 0) is 96.3 Å². The predicted octanol–water partition coefficient (Wildman–Crippen LogP) is 20.0. The van der Waals surface area contributed by atoms with Crippen LogP contribution < -0.4 is 5.73 Å². The molecule has 332 valence electrons. The predicted molar refractivity (Wildman–Crippen MR) is 259 cm³/mol. The molecule has 1 heteroatoms. The van der Waals surface area contributed by atoms with Gasteiger partial charge in [0.2, 0.25) is 0 Å². The fourth-order valence-corrected chi connectivity index (χ4v) is 8.55. The second-order valence-corrected chi connectivity index (χ2v) is 18.4. The molecule has 0 aromatic carbocycles. The summed E-state index contributed by atoms with van der Waals surface area (Å²) < 4.78 is 0. The zero-order chi connectivity index (χ0) is 40.6. The van der Waals surface area contributed by atoms with E-state index in [0.717, 1.165) is 0 Å². The molecular formula is C55H107N. The number of allylic oxidation sites excluding steroid dienone is 6. The minimum atomic E-state index is 0.0857. The maximum Gasteiger partial charge on any atom is 0.0154 e. The van der Waals surface area contributed by atoms with Crippen molar-refractivity contribution in [3.63, 3.8) is 0 Å². The van der Waals surface area contributed by atoms with E-state index in [1.54, 1.807) is 0 Å². The molecule has 0 unspecified atom stereocenters. The molecule has 0 saturated carbocycles. The van der Waals surface area contributed by atoms with Gasteiger partial charge in [0.1, 0.15) is 0 Å². The van der Waals surface area contributed by atoms with E-state index >= 15 is 0 Å². The summed E-state index contributed by atoms with van der Waals surface area (Å²) in [5, 5.41) is 0. The minimum absolute atomic E-state index is 0.0857. The number of hydrogen-bond acceptors (Lipinski definition) is 1. The van der Waals surface area contributed by atoms with Crippen LogP contribution in [0.4, 0.5) is 0 Å². The highest BCUT2D eigenvalue weighted by Gasteiger charge is 2.23. The lowest BCUT2D eigenvalue weighted by Gasteiger charge is -2.30. The Morgan fingerprint density at radius 2 is 0.393 bits per heavy atom. The molecule has 2 N–H and O–H groups in total. The van der Waals surface area contributed by atoms with Crippen molar-refractivity contribution < 1.29 is 0 Å². The average molecular weight is 782 g/mol. The Bertz CT molecular complexity index is 688. The highest BCUT2D eigenvalue weighted by atomic mass is 14.7. The van der Waals surface area contributed by atoms with Crippen molar-refractivity contribution in [2.75, 3.05) is 0 Å². The molecule has 0 aliphatic carbocycles. The normalized spacial score (nSPS) is 13.3. The van der Waals surface area contributed by atoms with E-state index in [2.05, 4.69) is 57.2 Å². The summed E-state index contributed by atoms with van der Waals surface area (Å²) in [5.74, 6) is 0. The Kier molecular flexibility index (Phi) is 47.8. The quantitative estimate of drug-likeness (QED) is 0.0483. The van der Waals surface area contributed by atoms with Crippen molar-refractivity contribution in [2.24, 2.45) is 5.73 Å². The highest BCUT2D eigenvalue weighted by Crippen LogP contribution is 2.27. The van der Waals surface area contributed by atoms with Crippen LogP contribution in [0.5, 0.6) is 0 Å². The lowest BCUT2D eigenvalue weighted by Crippen LogP contribution is -2.39. The van der Waals surface area contributed by atoms with Crippen LogP contribution in [0.3, 0.4) is 0 Å². The summed E-state index contributed by atoms with van der Waals surface area (Å²) in [5.41, 5.74) is 7.34. The van der Waals surface area contributed by atoms with Gasteiger partial charge in [0.05, 0.1) is 0 Å². The zero-order valence-electron chi connectivity index (χ0n) is 39.4. The first-order chi connectivity index (χ1) is 27.7. The maximum atomic E-state index is 7.26. The first-order valence-electron chi connectivity index (χ1n) is 26.4. The van der Waals surface area contributed by atoms with Crippen LogP contribution in [0.1, 0.15) is 310 Å². The van der Waals surface area contributed by atoms with Crippen LogP contribution in [0.15, 0.2) is 36.5 Å². The molecule has 0 bridgehead atoms. The monoisotopic (exact) mass is 782 g/mol. The molecule has 0 heterocycles. The molecule has 0 aliphatic heterocycles. The minimum Gasteiger partial charge on any atom is -0.325 e. The summed E-state index contributed by atoms with van der Waals surface area (Å²) in [6.45, 7) is 6.91. The highest BCUT2D eigenvalue weighted by molar-refractivity contribution is 4.85. The second-order valence-electron chi connectivity index (χ2n) is 18.4. The third kappa shape index (κ3) is 45.9. The molecule has 0 spiro atoms. The number of nitrogens with two attached hydrogens (primary N) is 1. The standard InChI is InChI=1S/C55H107N/c1-4-7-10-13-16-19-22-25-28-31-34-37-40-43-46-49-52-55(56,53-50-47-44-41-38-35-32-29-26-23-20-17-14-11-8-5-2)54-51-48-45-42-39-36-33-30-27-24-21-18-15-12-9-6-3/h25-30H,4-24,31-54,56H2,1-3H3. The van der Waals surface area contributed by atoms with Crippen LogP contribution in [-0.4, -0.2) is 5.54 Å². The first-order valence-corrected chi connectivity index (χ1v) is 26.4. The first kappa shape index (κ1) is 55.2. The Morgan fingerprint density at radius 3 is 0.589 bits per heavy atom. The Morgan fingerprint density at radius 1 is 0.232 bits per heavy atom. The molecule has 0 rings (SSSR count). The number of rotatable bonds is 48. The van der Waals surface area contributed by atoms with Gasteiger partial charge < -0.3 is 5.73 Å². The molecule has 0 aliphatic rings. The second kappa shape index (κ2) is 48.5. The summed E-state index contributed by atoms with van der Waals surface area (Å²) in [4.78, 5) is 0. The van der Waals surface area contributed by atoms with Gasteiger partial charge in [-0.1, -0.05) is 250 Å². The molecule has 0 saturated heterocycles. The van der Waals surface area contributed by atoms with Crippen molar-refractivity contribution in [1.29, 1.82) is 0 Å². The van der Waals surface area contributed by atoms with Crippen molar-refractivity contribution >= 4 is 0 Å². The van der Waals surface area contributed by atoms with E-state index in [1.807, 2.05) is 0 Å². The van der Waals surface area contributed by atoms with Crippen LogP contribution >= 0.6 is 0 Å². The lowest BCUT2D eigenvalue weighted by molar-refractivity contribution is 0.302. The van der Waals surface area contributed by atoms with Crippen molar-refractivity contribution in [3.8, 4) is 0 Å². The van der Waals surface area contributed by atoms with Gasteiger partial charge in [0.25, 0.3) is 0 Å². The molecule has 0 aromatic rings. The smallest absolute Gasteiger partial charge is 0.0154 e. The topological polar surface area (TPSA) is 26.0 Å². The SMILES string of the molecule is CCCCCCCCC=CCCCCCCCCC(N)(CCCCCCCCC=CCCCCCCCC)CCCCCCCCC=CCCCCCCCC. The van der Waals surface area contributed by atoms with Gasteiger partial charge in [0.15, 0.2) is 0 Å². The Hall–Kier alpha value is -0.820. The zero-order valence-corrected chi connectivity index (χ0v) is 39.4. The van der Waals surface area contributed by atoms with E-state index in [4.69, 9.17) is 5.73 Å². The molecular weight excluding hydrogens is 675 g/mol. The van der Waals surface area contributed by atoms with Gasteiger partial charge in [-0.15, -0.1) is 0 Å². The van der Waals surface area contributed by atoms with E-state index in [0.29, 0.717) is 0 Å². The fraction of sp³-hybridized carbons (Fsp3) is 0.891. The van der Waals surface area contributed by atoms with E-state index in [9.17, 15) is 0 Å². The lowest BCUT2D eigenvalue weighted by atomic mass is 9.82. The number of unbranched alkanes of at least 4 members (excludes halogenated alkanes) is 36. The van der Waals surface area contributed by atoms with Crippen LogP contribution in [-0.2, 0) is 0 Å². The Balaban J connectivity index is 4.19. The van der Waals surface area contributed by atoms with Gasteiger partial charge in [-0.25, -0.2) is 0 Å². The summed E-state index contributed by atoms with van der Waals surface area (Å²) in [6, 6.07) is 0. The van der Waals surface area contributed by atoms with Crippen LogP contribution in [0.25, 0.3) is 0 Å².